The number of amides is 1. The second-order valence-corrected chi connectivity index (χ2v) is 6.62. The van der Waals surface area contributed by atoms with E-state index in [1.165, 1.54) is 19.2 Å². The van der Waals surface area contributed by atoms with Crippen LogP contribution >= 0.6 is 0 Å². The highest BCUT2D eigenvalue weighted by molar-refractivity contribution is 5.96. The maximum Gasteiger partial charge on any atom is 0.251 e. The first-order valence-corrected chi connectivity index (χ1v) is 8.21. The molecule has 4 rings (SSSR count). The molecule has 2 N–H and O–H groups in total. The number of aryl methyl sites for hydroxylation is 1. The summed E-state index contributed by atoms with van der Waals surface area (Å²) in [6, 6.07) is 7.19. The topological polar surface area (TPSA) is 71.8 Å². The normalized spacial score (nSPS) is 26.2. The van der Waals surface area contributed by atoms with E-state index in [0.717, 1.165) is 29.7 Å². The SMILES string of the molecule is Cc1cc(-n2cncn2)ccc1C(=O)NC1CC2CCC(C1)N2. The third kappa shape index (κ3) is 2.86. The number of aromatic nitrogens is 3. The molecule has 1 aromatic carbocycles. The van der Waals surface area contributed by atoms with Crippen molar-refractivity contribution in [3.05, 3.63) is 42.0 Å². The summed E-state index contributed by atoms with van der Waals surface area (Å²) in [6.07, 6.45) is 7.71. The Morgan fingerprint density at radius 2 is 2.09 bits per heavy atom. The van der Waals surface area contributed by atoms with Crippen LogP contribution in [0.2, 0.25) is 0 Å². The summed E-state index contributed by atoms with van der Waals surface area (Å²) in [7, 11) is 0. The molecule has 2 atom stereocenters. The lowest BCUT2D eigenvalue weighted by Crippen LogP contribution is -2.48. The second-order valence-electron chi connectivity index (χ2n) is 6.62. The lowest BCUT2D eigenvalue weighted by molar-refractivity contribution is 0.0923. The minimum atomic E-state index is 0.0268. The second kappa shape index (κ2) is 5.77. The fraction of sp³-hybridized carbons (Fsp3) is 0.471. The number of rotatable bonds is 3. The molecule has 2 saturated heterocycles. The van der Waals surface area contributed by atoms with Crippen LogP contribution in [0.5, 0.6) is 0 Å². The van der Waals surface area contributed by atoms with Crippen molar-refractivity contribution >= 4 is 5.91 Å². The van der Waals surface area contributed by atoms with Crippen LogP contribution in [0, 0.1) is 6.92 Å². The van der Waals surface area contributed by atoms with Gasteiger partial charge in [0, 0.05) is 23.7 Å². The van der Waals surface area contributed by atoms with Crippen molar-refractivity contribution in [2.45, 2.75) is 50.7 Å². The van der Waals surface area contributed by atoms with E-state index in [0.29, 0.717) is 12.1 Å². The third-order valence-electron chi connectivity index (χ3n) is 4.95. The molecule has 0 aliphatic carbocycles. The van der Waals surface area contributed by atoms with Gasteiger partial charge in [0.1, 0.15) is 12.7 Å². The van der Waals surface area contributed by atoms with Crippen molar-refractivity contribution in [1.29, 1.82) is 0 Å². The Labute approximate surface area is 135 Å². The highest BCUT2D eigenvalue weighted by Crippen LogP contribution is 2.27. The fourth-order valence-electron chi connectivity index (χ4n) is 3.82. The van der Waals surface area contributed by atoms with Gasteiger partial charge in [0.25, 0.3) is 5.91 Å². The maximum absolute atomic E-state index is 12.6. The van der Waals surface area contributed by atoms with E-state index in [4.69, 9.17) is 0 Å². The number of fused-ring (bicyclic) bond motifs is 2. The van der Waals surface area contributed by atoms with Crippen molar-refractivity contribution < 1.29 is 4.79 Å². The predicted octanol–water partition coefficient (Wildman–Crippen LogP) is 1.59. The van der Waals surface area contributed by atoms with Gasteiger partial charge in [0.05, 0.1) is 5.69 Å². The van der Waals surface area contributed by atoms with Crippen LogP contribution in [0.1, 0.15) is 41.6 Å². The molecule has 2 aromatic rings. The zero-order chi connectivity index (χ0) is 15.8. The Bertz CT molecular complexity index is 700. The minimum absolute atomic E-state index is 0.0268. The molecule has 2 aliphatic heterocycles. The summed E-state index contributed by atoms with van der Waals surface area (Å²) in [6.45, 7) is 1.96. The molecule has 120 valence electrons. The number of carbonyl (C=O) groups is 1. The van der Waals surface area contributed by atoms with Gasteiger partial charge in [-0.05, 0) is 56.4 Å². The summed E-state index contributed by atoms with van der Waals surface area (Å²) >= 11 is 0. The molecule has 2 fully saturated rings. The van der Waals surface area contributed by atoms with Gasteiger partial charge in [-0.15, -0.1) is 0 Å². The molecule has 1 aromatic heterocycles. The van der Waals surface area contributed by atoms with E-state index in [9.17, 15) is 4.79 Å². The molecule has 0 radical (unpaired) electrons. The van der Waals surface area contributed by atoms with Gasteiger partial charge in [-0.2, -0.15) is 5.10 Å². The van der Waals surface area contributed by atoms with E-state index >= 15 is 0 Å². The minimum Gasteiger partial charge on any atom is -0.349 e. The first-order valence-electron chi connectivity index (χ1n) is 8.21. The Morgan fingerprint density at radius 3 is 2.74 bits per heavy atom. The third-order valence-corrected chi connectivity index (χ3v) is 4.95. The number of hydrogen-bond donors (Lipinski definition) is 2. The first-order chi connectivity index (χ1) is 11.2. The van der Waals surface area contributed by atoms with Crippen LogP contribution < -0.4 is 10.6 Å². The number of piperidine rings is 1. The van der Waals surface area contributed by atoms with E-state index in [1.807, 2.05) is 25.1 Å². The van der Waals surface area contributed by atoms with Crippen molar-refractivity contribution in [1.82, 2.24) is 25.4 Å². The Kier molecular flexibility index (Phi) is 3.61. The van der Waals surface area contributed by atoms with Gasteiger partial charge in [-0.25, -0.2) is 9.67 Å². The van der Waals surface area contributed by atoms with E-state index in [2.05, 4.69) is 20.7 Å². The van der Waals surface area contributed by atoms with Crippen molar-refractivity contribution in [3.63, 3.8) is 0 Å². The molecule has 2 aliphatic rings. The van der Waals surface area contributed by atoms with Gasteiger partial charge in [0.15, 0.2) is 0 Å². The summed E-state index contributed by atoms with van der Waals surface area (Å²) < 4.78 is 1.69. The summed E-state index contributed by atoms with van der Waals surface area (Å²) in [5, 5.41) is 10.9. The highest BCUT2D eigenvalue weighted by atomic mass is 16.1. The average Bonchev–Trinajstić information content (AvgIpc) is 3.17. The van der Waals surface area contributed by atoms with Crippen LogP contribution in [0.3, 0.4) is 0 Å². The van der Waals surface area contributed by atoms with E-state index in [-0.39, 0.29) is 11.9 Å². The number of benzene rings is 1. The quantitative estimate of drug-likeness (QED) is 0.903. The molecule has 6 heteroatoms. The average molecular weight is 311 g/mol. The monoisotopic (exact) mass is 311 g/mol. The number of nitrogens with zero attached hydrogens (tertiary/aromatic N) is 3. The maximum atomic E-state index is 12.6. The summed E-state index contributed by atoms with van der Waals surface area (Å²) in [5.74, 6) is 0.0268. The zero-order valence-corrected chi connectivity index (χ0v) is 13.2. The van der Waals surface area contributed by atoms with E-state index in [1.54, 1.807) is 11.0 Å². The van der Waals surface area contributed by atoms with Crippen molar-refractivity contribution in [2.75, 3.05) is 0 Å². The predicted molar refractivity (Wildman–Crippen MR) is 86.5 cm³/mol. The van der Waals surface area contributed by atoms with E-state index < -0.39 is 0 Å². The smallest absolute Gasteiger partial charge is 0.251 e. The Balaban J connectivity index is 1.48. The lowest BCUT2D eigenvalue weighted by atomic mass is 9.99. The number of carbonyl (C=O) groups excluding carboxylic acids is 1. The van der Waals surface area contributed by atoms with Gasteiger partial charge in [0.2, 0.25) is 0 Å². The van der Waals surface area contributed by atoms with Crippen LogP contribution in [0.15, 0.2) is 30.9 Å². The van der Waals surface area contributed by atoms with Crippen LogP contribution in [-0.4, -0.2) is 38.8 Å². The molecule has 0 saturated carbocycles. The Morgan fingerprint density at radius 1 is 1.30 bits per heavy atom. The molecule has 0 spiro atoms. The fourth-order valence-corrected chi connectivity index (χ4v) is 3.82. The molecule has 1 amide bonds. The van der Waals surface area contributed by atoms with Gasteiger partial charge < -0.3 is 10.6 Å². The largest absolute Gasteiger partial charge is 0.349 e. The molecule has 6 nitrogen and oxygen atoms in total. The number of nitrogens with one attached hydrogen (secondary N) is 2. The lowest BCUT2D eigenvalue weighted by Gasteiger charge is -2.29. The van der Waals surface area contributed by atoms with Crippen LogP contribution in [0.25, 0.3) is 5.69 Å². The van der Waals surface area contributed by atoms with Crippen molar-refractivity contribution in [3.8, 4) is 5.69 Å². The van der Waals surface area contributed by atoms with Crippen LogP contribution in [-0.2, 0) is 0 Å². The molecule has 2 bridgehead atoms. The number of hydrogen-bond acceptors (Lipinski definition) is 4. The molecule has 3 heterocycles. The summed E-state index contributed by atoms with van der Waals surface area (Å²) in [5.41, 5.74) is 2.60. The molecular formula is C17H21N5O. The Hall–Kier alpha value is -2.21. The molecule has 23 heavy (non-hydrogen) atoms. The summed E-state index contributed by atoms with van der Waals surface area (Å²) in [4.78, 5) is 16.5. The molecular weight excluding hydrogens is 290 g/mol. The van der Waals surface area contributed by atoms with Gasteiger partial charge in [-0.1, -0.05) is 0 Å². The molecule has 2 unspecified atom stereocenters. The zero-order valence-electron chi connectivity index (χ0n) is 13.2. The highest BCUT2D eigenvalue weighted by Gasteiger charge is 2.34. The van der Waals surface area contributed by atoms with Crippen molar-refractivity contribution in [2.24, 2.45) is 0 Å². The standard InChI is InChI=1S/C17H21N5O/c1-11-6-15(22-10-18-9-19-22)4-5-16(11)17(23)21-14-7-12-2-3-13(8-14)20-12/h4-6,9-10,12-14,20H,2-3,7-8H2,1H3,(H,21,23). The van der Waals surface area contributed by atoms with Crippen LogP contribution in [0.4, 0.5) is 0 Å². The van der Waals surface area contributed by atoms with Gasteiger partial charge >= 0.3 is 0 Å². The van der Waals surface area contributed by atoms with Gasteiger partial charge in [-0.3, -0.25) is 4.79 Å². The first kappa shape index (κ1) is 14.4.